The fraction of sp³-hybridized carbons (Fsp3) is 0.409. The van der Waals surface area contributed by atoms with Gasteiger partial charge < -0.3 is 20.1 Å². The molecule has 2 aliphatic rings. The van der Waals surface area contributed by atoms with Gasteiger partial charge in [-0.15, -0.1) is 0 Å². The SMILES string of the molecule is COc1cc(C)ccc1Oc1ccc(NC(=O)C2CC23CCNCC3)cc1F. The Hall–Kier alpha value is -2.60. The number of piperidine rings is 1. The Morgan fingerprint density at radius 1 is 1.14 bits per heavy atom. The third kappa shape index (κ3) is 3.69. The minimum absolute atomic E-state index is 0.0184. The summed E-state index contributed by atoms with van der Waals surface area (Å²) in [7, 11) is 1.55. The van der Waals surface area contributed by atoms with E-state index in [1.54, 1.807) is 19.2 Å². The first kappa shape index (κ1) is 18.7. The molecule has 2 N–H and O–H groups in total. The number of aryl methyl sites for hydroxylation is 1. The van der Waals surface area contributed by atoms with Crippen LogP contribution in [0.25, 0.3) is 0 Å². The lowest BCUT2D eigenvalue weighted by molar-refractivity contribution is -0.118. The van der Waals surface area contributed by atoms with Crippen LogP contribution in [0.4, 0.5) is 10.1 Å². The van der Waals surface area contributed by atoms with Crippen LogP contribution in [-0.2, 0) is 4.79 Å². The van der Waals surface area contributed by atoms with Crippen molar-refractivity contribution in [2.45, 2.75) is 26.2 Å². The Morgan fingerprint density at radius 2 is 1.89 bits per heavy atom. The number of ether oxygens (including phenoxy) is 2. The molecule has 1 unspecified atom stereocenters. The molecule has 148 valence electrons. The Kier molecular flexibility index (Phi) is 4.98. The lowest BCUT2D eigenvalue weighted by Gasteiger charge is -2.23. The second kappa shape index (κ2) is 7.43. The predicted molar refractivity (Wildman–Crippen MR) is 105 cm³/mol. The molecule has 6 heteroatoms. The van der Waals surface area contributed by atoms with Crippen molar-refractivity contribution in [1.82, 2.24) is 5.32 Å². The molecule has 4 rings (SSSR count). The van der Waals surface area contributed by atoms with Gasteiger partial charge >= 0.3 is 0 Å². The van der Waals surface area contributed by atoms with Gasteiger partial charge in [0.2, 0.25) is 5.91 Å². The number of carbonyl (C=O) groups excluding carboxylic acids is 1. The maximum absolute atomic E-state index is 14.5. The minimum atomic E-state index is -0.534. The molecular weight excluding hydrogens is 359 g/mol. The number of hydrogen-bond donors (Lipinski definition) is 2. The number of anilines is 1. The molecule has 5 nitrogen and oxygen atoms in total. The van der Waals surface area contributed by atoms with E-state index in [4.69, 9.17) is 9.47 Å². The van der Waals surface area contributed by atoms with Crippen LogP contribution in [0.1, 0.15) is 24.8 Å². The minimum Gasteiger partial charge on any atom is -0.493 e. The second-order valence-corrected chi connectivity index (χ2v) is 7.76. The summed E-state index contributed by atoms with van der Waals surface area (Å²) in [6, 6.07) is 9.93. The first-order valence-corrected chi connectivity index (χ1v) is 9.64. The van der Waals surface area contributed by atoms with Gasteiger partial charge in [0.05, 0.1) is 7.11 Å². The highest BCUT2D eigenvalue weighted by molar-refractivity contribution is 5.95. The number of benzene rings is 2. The van der Waals surface area contributed by atoms with Gasteiger partial charge in [0.1, 0.15) is 0 Å². The van der Waals surface area contributed by atoms with Gasteiger partial charge in [-0.25, -0.2) is 4.39 Å². The molecule has 2 aromatic rings. The summed E-state index contributed by atoms with van der Waals surface area (Å²) in [4.78, 5) is 12.5. The summed E-state index contributed by atoms with van der Waals surface area (Å²) in [5.74, 6) is 0.544. The molecule has 0 aromatic heterocycles. The second-order valence-electron chi connectivity index (χ2n) is 7.76. The molecule has 1 saturated carbocycles. The number of nitrogens with one attached hydrogen (secondary N) is 2. The molecule has 1 spiro atoms. The zero-order valence-corrected chi connectivity index (χ0v) is 16.2. The monoisotopic (exact) mass is 384 g/mol. The fourth-order valence-electron chi connectivity index (χ4n) is 4.06. The van der Waals surface area contributed by atoms with Crippen LogP contribution in [0.15, 0.2) is 36.4 Å². The summed E-state index contributed by atoms with van der Waals surface area (Å²) >= 11 is 0. The zero-order valence-electron chi connectivity index (χ0n) is 16.2. The molecule has 1 atom stereocenters. The van der Waals surface area contributed by atoms with Crippen LogP contribution in [-0.4, -0.2) is 26.1 Å². The first-order valence-electron chi connectivity index (χ1n) is 9.64. The van der Waals surface area contributed by atoms with Crippen molar-refractivity contribution in [2.75, 3.05) is 25.5 Å². The fourth-order valence-corrected chi connectivity index (χ4v) is 4.06. The summed E-state index contributed by atoms with van der Waals surface area (Å²) < 4.78 is 25.5. The summed E-state index contributed by atoms with van der Waals surface area (Å²) in [5.41, 5.74) is 1.62. The van der Waals surface area contributed by atoms with Crippen molar-refractivity contribution >= 4 is 11.6 Å². The Labute approximate surface area is 164 Å². The van der Waals surface area contributed by atoms with Gasteiger partial charge in [0.15, 0.2) is 23.1 Å². The van der Waals surface area contributed by atoms with Crippen molar-refractivity contribution in [3.63, 3.8) is 0 Å². The largest absolute Gasteiger partial charge is 0.493 e. The van der Waals surface area contributed by atoms with Crippen LogP contribution in [0.5, 0.6) is 17.2 Å². The molecule has 1 amide bonds. The highest BCUT2D eigenvalue weighted by Crippen LogP contribution is 2.58. The molecule has 2 fully saturated rings. The zero-order chi connectivity index (χ0) is 19.7. The van der Waals surface area contributed by atoms with Gasteiger partial charge in [0, 0.05) is 17.7 Å². The number of halogens is 1. The van der Waals surface area contributed by atoms with Gasteiger partial charge in [-0.3, -0.25) is 4.79 Å². The standard InChI is InChI=1S/C22H25FN2O3/c1-14-3-5-19(20(11-14)27-2)28-18-6-4-15(12-17(18)23)25-21(26)16-13-22(16)7-9-24-10-8-22/h3-6,11-12,16,24H,7-10,13H2,1-2H3,(H,25,26). The van der Waals surface area contributed by atoms with E-state index in [1.807, 2.05) is 19.1 Å². The lowest BCUT2D eigenvalue weighted by atomic mass is 9.92. The maximum atomic E-state index is 14.5. The van der Waals surface area contributed by atoms with Crippen molar-refractivity contribution < 1.29 is 18.7 Å². The number of carbonyl (C=O) groups is 1. The third-order valence-electron chi connectivity index (χ3n) is 5.84. The predicted octanol–water partition coefficient (Wildman–Crippen LogP) is 4.26. The van der Waals surface area contributed by atoms with Gasteiger partial charge in [-0.2, -0.15) is 0 Å². The van der Waals surface area contributed by atoms with Gasteiger partial charge in [-0.1, -0.05) is 6.07 Å². The summed E-state index contributed by atoms with van der Waals surface area (Å²) in [6.45, 7) is 3.87. The van der Waals surface area contributed by atoms with Crippen molar-refractivity contribution in [3.8, 4) is 17.2 Å². The average Bonchev–Trinajstić information content (AvgIpc) is 3.38. The van der Waals surface area contributed by atoms with Crippen LogP contribution in [0.3, 0.4) is 0 Å². The van der Waals surface area contributed by atoms with Gasteiger partial charge in [0.25, 0.3) is 0 Å². The van der Waals surface area contributed by atoms with E-state index < -0.39 is 5.82 Å². The van der Waals surface area contributed by atoms with Crippen molar-refractivity contribution in [1.29, 1.82) is 0 Å². The number of rotatable bonds is 5. The smallest absolute Gasteiger partial charge is 0.228 e. The highest BCUT2D eigenvalue weighted by atomic mass is 19.1. The normalized spacial score (nSPS) is 19.9. The van der Waals surface area contributed by atoms with Crippen LogP contribution in [0.2, 0.25) is 0 Å². The number of amides is 1. The third-order valence-corrected chi connectivity index (χ3v) is 5.84. The van der Waals surface area contributed by atoms with E-state index >= 15 is 0 Å². The highest BCUT2D eigenvalue weighted by Gasteiger charge is 2.57. The molecule has 1 aliphatic carbocycles. The average molecular weight is 384 g/mol. The number of hydrogen-bond acceptors (Lipinski definition) is 4. The molecule has 1 aliphatic heterocycles. The van der Waals surface area contributed by atoms with Crippen molar-refractivity contribution in [3.05, 3.63) is 47.8 Å². The quantitative estimate of drug-likeness (QED) is 0.809. The van der Waals surface area contributed by atoms with Crippen LogP contribution in [0, 0.1) is 24.1 Å². The lowest BCUT2D eigenvalue weighted by Crippen LogP contribution is -2.31. The van der Waals surface area contributed by atoms with E-state index in [2.05, 4.69) is 10.6 Å². The van der Waals surface area contributed by atoms with Crippen LogP contribution >= 0.6 is 0 Å². The van der Waals surface area contributed by atoms with Crippen molar-refractivity contribution in [2.24, 2.45) is 11.3 Å². The molecule has 0 bridgehead atoms. The molecule has 28 heavy (non-hydrogen) atoms. The van der Waals surface area contributed by atoms with E-state index in [9.17, 15) is 9.18 Å². The maximum Gasteiger partial charge on any atom is 0.228 e. The van der Waals surface area contributed by atoms with E-state index in [0.29, 0.717) is 17.2 Å². The van der Waals surface area contributed by atoms with Crippen LogP contribution < -0.4 is 20.1 Å². The Morgan fingerprint density at radius 3 is 2.61 bits per heavy atom. The molecule has 1 heterocycles. The van der Waals surface area contributed by atoms with E-state index in [1.165, 1.54) is 12.1 Å². The van der Waals surface area contributed by atoms with E-state index in [-0.39, 0.29) is 23.0 Å². The first-order chi connectivity index (χ1) is 13.5. The summed E-state index contributed by atoms with van der Waals surface area (Å²) in [6.07, 6.45) is 2.99. The Balaban J connectivity index is 1.43. The van der Waals surface area contributed by atoms with E-state index in [0.717, 1.165) is 37.9 Å². The summed E-state index contributed by atoms with van der Waals surface area (Å²) in [5, 5.41) is 6.19. The molecule has 2 aromatic carbocycles. The topological polar surface area (TPSA) is 59.6 Å². The number of methoxy groups -OCH3 is 1. The molecule has 0 radical (unpaired) electrons. The van der Waals surface area contributed by atoms with Gasteiger partial charge in [-0.05, 0) is 74.5 Å². The Bertz CT molecular complexity index is 893. The molecular formula is C22H25FN2O3. The molecule has 1 saturated heterocycles.